The highest BCUT2D eigenvalue weighted by atomic mass is 16.2. The first kappa shape index (κ1) is 17.0. The Bertz CT molecular complexity index is 319. The topological polar surface area (TPSA) is 20.3 Å². The molecule has 2 heteroatoms. The zero-order valence-electron chi connectivity index (χ0n) is 13.3. The molecule has 1 heterocycles. The van der Waals surface area contributed by atoms with Gasteiger partial charge in [0.2, 0.25) is 5.91 Å². The Morgan fingerprint density at radius 2 is 1.95 bits per heavy atom. The van der Waals surface area contributed by atoms with Gasteiger partial charge in [0.05, 0.1) is 6.04 Å². The summed E-state index contributed by atoms with van der Waals surface area (Å²) < 4.78 is 0. The molecule has 0 spiro atoms. The van der Waals surface area contributed by atoms with Crippen LogP contribution in [-0.4, -0.2) is 23.4 Å². The number of hydrogen-bond donors (Lipinski definition) is 0. The second kappa shape index (κ2) is 10.7. The highest BCUT2D eigenvalue weighted by Crippen LogP contribution is 2.19. The van der Waals surface area contributed by atoms with Crippen molar-refractivity contribution in [2.75, 3.05) is 6.54 Å². The minimum absolute atomic E-state index is 0.312. The van der Waals surface area contributed by atoms with Crippen molar-refractivity contribution in [3.8, 4) is 0 Å². The van der Waals surface area contributed by atoms with Crippen LogP contribution in [0.3, 0.4) is 0 Å². The molecular weight excluding hydrogens is 246 g/mol. The maximum absolute atomic E-state index is 12.2. The lowest BCUT2D eigenvalue weighted by atomic mass is 10.1. The van der Waals surface area contributed by atoms with Crippen molar-refractivity contribution in [3.63, 3.8) is 0 Å². The molecule has 2 nitrogen and oxygen atoms in total. The highest BCUT2D eigenvalue weighted by molar-refractivity contribution is 5.77. The molecule has 20 heavy (non-hydrogen) atoms. The van der Waals surface area contributed by atoms with Crippen LogP contribution in [0.4, 0.5) is 0 Å². The van der Waals surface area contributed by atoms with E-state index in [0.29, 0.717) is 11.9 Å². The summed E-state index contributed by atoms with van der Waals surface area (Å²) in [7, 11) is 0. The lowest BCUT2D eigenvalue weighted by Gasteiger charge is -2.27. The summed E-state index contributed by atoms with van der Waals surface area (Å²) in [6.07, 6.45) is 18.9. The van der Waals surface area contributed by atoms with Crippen LogP contribution in [0, 0.1) is 0 Å². The summed E-state index contributed by atoms with van der Waals surface area (Å²) in [5, 5.41) is 0. The summed E-state index contributed by atoms with van der Waals surface area (Å²) in [6.45, 7) is 5.18. The Morgan fingerprint density at radius 3 is 2.70 bits per heavy atom. The lowest BCUT2D eigenvalue weighted by molar-refractivity contribution is -0.131. The van der Waals surface area contributed by atoms with E-state index in [0.717, 1.165) is 38.6 Å². The lowest BCUT2D eigenvalue weighted by Crippen LogP contribution is -2.37. The fraction of sp³-hybridized carbons (Fsp3) is 0.722. The normalized spacial score (nSPS) is 21.0. The quantitative estimate of drug-likeness (QED) is 0.458. The average Bonchev–Trinajstić information content (AvgIpc) is 2.62. The molecule has 0 aromatic carbocycles. The van der Waals surface area contributed by atoms with Gasteiger partial charge >= 0.3 is 0 Å². The number of nitrogens with zero attached hydrogens (tertiary/aromatic N) is 1. The number of hydrogen-bond acceptors (Lipinski definition) is 1. The van der Waals surface area contributed by atoms with Crippen LogP contribution in [0.15, 0.2) is 24.3 Å². The molecule has 1 saturated heterocycles. The predicted molar refractivity (Wildman–Crippen MR) is 86.7 cm³/mol. The first-order valence-corrected chi connectivity index (χ1v) is 8.40. The summed E-state index contributed by atoms with van der Waals surface area (Å²) in [4.78, 5) is 14.3. The van der Waals surface area contributed by atoms with Crippen molar-refractivity contribution in [2.45, 2.75) is 77.7 Å². The van der Waals surface area contributed by atoms with E-state index in [9.17, 15) is 4.79 Å². The van der Waals surface area contributed by atoms with Crippen molar-refractivity contribution >= 4 is 5.91 Å². The van der Waals surface area contributed by atoms with Gasteiger partial charge in [-0.05, 0) is 25.7 Å². The molecule has 1 amide bonds. The Kier molecular flexibility index (Phi) is 9.10. The maximum atomic E-state index is 12.2. The van der Waals surface area contributed by atoms with Crippen LogP contribution >= 0.6 is 0 Å². The van der Waals surface area contributed by atoms with Crippen LogP contribution < -0.4 is 0 Å². The van der Waals surface area contributed by atoms with E-state index < -0.39 is 0 Å². The van der Waals surface area contributed by atoms with Gasteiger partial charge in [0.25, 0.3) is 0 Å². The fourth-order valence-electron chi connectivity index (χ4n) is 2.60. The Hall–Kier alpha value is -1.05. The molecule has 0 N–H and O–H groups in total. The molecule has 0 bridgehead atoms. The van der Waals surface area contributed by atoms with E-state index in [2.05, 4.69) is 43.1 Å². The summed E-state index contributed by atoms with van der Waals surface area (Å²) >= 11 is 0. The van der Waals surface area contributed by atoms with Gasteiger partial charge in [-0.15, -0.1) is 0 Å². The van der Waals surface area contributed by atoms with Gasteiger partial charge in [0.15, 0.2) is 0 Å². The monoisotopic (exact) mass is 277 g/mol. The van der Waals surface area contributed by atoms with Crippen LogP contribution in [-0.2, 0) is 4.79 Å². The molecule has 1 aliphatic heterocycles. The molecule has 0 aromatic heterocycles. The van der Waals surface area contributed by atoms with Gasteiger partial charge < -0.3 is 4.90 Å². The van der Waals surface area contributed by atoms with Crippen LogP contribution in [0.25, 0.3) is 0 Å². The number of amides is 1. The number of carbonyl (C=O) groups is 1. The molecule has 1 atom stereocenters. The van der Waals surface area contributed by atoms with E-state index in [1.807, 2.05) is 0 Å². The molecule has 1 rings (SSSR count). The van der Waals surface area contributed by atoms with E-state index in [1.165, 1.54) is 25.7 Å². The standard InChI is InChI=1S/C18H31NO/c1-3-5-7-8-12-16-19-17(13-9-6-4-2)14-10-11-15-18(19)20/h8-9,12-13,17H,3-7,10-11,14-16H2,1-2H3/b12-8-,13-9+/t17-/m0/s1. The SMILES string of the molecule is CCC/C=C/[C@H]1CCCCC(=O)N1C/C=C\CCCC. The Balaban J connectivity index is 2.57. The zero-order valence-corrected chi connectivity index (χ0v) is 13.3. The number of carbonyl (C=O) groups excluding carboxylic acids is 1. The molecular formula is C18H31NO. The van der Waals surface area contributed by atoms with Crippen molar-refractivity contribution in [2.24, 2.45) is 0 Å². The maximum Gasteiger partial charge on any atom is 0.223 e. The second-order valence-electron chi connectivity index (χ2n) is 5.69. The van der Waals surface area contributed by atoms with Gasteiger partial charge in [0.1, 0.15) is 0 Å². The molecule has 0 saturated carbocycles. The fourth-order valence-corrected chi connectivity index (χ4v) is 2.60. The average molecular weight is 277 g/mol. The smallest absolute Gasteiger partial charge is 0.223 e. The zero-order chi connectivity index (χ0) is 14.6. The highest BCUT2D eigenvalue weighted by Gasteiger charge is 2.22. The summed E-state index contributed by atoms with van der Waals surface area (Å²) in [6, 6.07) is 0.312. The number of allylic oxidation sites excluding steroid dienone is 2. The number of rotatable bonds is 8. The van der Waals surface area contributed by atoms with Crippen molar-refractivity contribution in [1.82, 2.24) is 4.90 Å². The van der Waals surface area contributed by atoms with Crippen molar-refractivity contribution in [1.29, 1.82) is 0 Å². The minimum atomic E-state index is 0.312. The molecule has 0 unspecified atom stereocenters. The molecule has 114 valence electrons. The first-order valence-electron chi connectivity index (χ1n) is 8.40. The Morgan fingerprint density at radius 1 is 1.10 bits per heavy atom. The predicted octanol–water partition coefficient (Wildman–Crippen LogP) is 4.86. The first-order chi connectivity index (χ1) is 9.79. The summed E-state index contributed by atoms with van der Waals surface area (Å²) in [5.74, 6) is 0.328. The second-order valence-corrected chi connectivity index (χ2v) is 5.69. The molecule has 0 radical (unpaired) electrons. The third-order valence-corrected chi connectivity index (χ3v) is 3.87. The minimum Gasteiger partial charge on any atom is -0.333 e. The van der Waals surface area contributed by atoms with Gasteiger partial charge in [-0.1, -0.05) is 63.8 Å². The van der Waals surface area contributed by atoms with Crippen LogP contribution in [0.5, 0.6) is 0 Å². The number of likely N-dealkylation sites (tertiary alicyclic amines) is 1. The third-order valence-electron chi connectivity index (χ3n) is 3.87. The van der Waals surface area contributed by atoms with Crippen molar-refractivity contribution < 1.29 is 4.79 Å². The van der Waals surface area contributed by atoms with Gasteiger partial charge in [-0.3, -0.25) is 4.79 Å². The molecule has 1 fully saturated rings. The van der Waals surface area contributed by atoms with E-state index in [-0.39, 0.29) is 0 Å². The Labute approximate surface area is 124 Å². The molecule has 0 aliphatic carbocycles. The van der Waals surface area contributed by atoms with E-state index in [1.54, 1.807) is 0 Å². The van der Waals surface area contributed by atoms with E-state index >= 15 is 0 Å². The van der Waals surface area contributed by atoms with Crippen molar-refractivity contribution in [3.05, 3.63) is 24.3 Å². The molecule has 1 aliphatic rings. The number of unbranched alkanes of at least 4 members (excludes halogenated alkanes) is 3. The third kappa shape index (κ3) is 6.40. The van der Waals surface area contributed by atoms with Gasteiger partial charge in [0, 0.05) is 13.0 Å². The van der Waals surface area contributed by atoms with Crippen LogP contribution in [0.2, 0.25) is 0 Å². The van der Waals surface area contributed by atoms with E-state index in [4.69, 9.17) is 0 Å². The van der Waals surface area contributed by atoms with Gasteiger partial charge in [-0.25, -0.2) is 0 Å². The largest absolute Gasteiger partial charge is 0.333 e. The summed E-state index contributed by atoms with van der Waals surface area (Å²) in [5.41, 5.74) is 0. The molecule has 0 aromatic rings. The van der Waals surface area contributed by atoms with Gasteiger partial charge in [-0.2, -0.15) is 0 Å². The van der Waals surface area contributed by atoms with Crippen LogP contribution in [0.1, 0.15) is 71.6 Å².